The second-order valence-corrected chi connectivity index (χ2v) is 4.63. The van der Waals surface area contributed by atoms with Crippen molar-refractivity contribution in [2.75, 3.05) is 20.1 Å². The maximum Gasteiger partial charge on any atom is 0.170 e. The number of hydrogen-bond donors (Lipinski definition) is 2. The standard InChI is InChI=1S/C13H19N3O2/c1-16-8-6-12(7-9-16)18-11-4-2-10(3-5-11)13(14)15-17/h2-5,12,17H,6-9H2,1H3,(H2,14,15). The van der Waals surface area contributed by atoms with Crippen LogP contribution in [-0.2, 0) is 0 Å². The monoisotopic (exact) mass is 249 g/mol. The summed E-state index contributed by atoms with van der Waals surface area (Å²) < 4.78 is 5.90. The van der Waals surface area contributed by atoms with Gasteiger partial charge >= 0.3 is 0 Å². The Kier molecular flexibility index (Phi) is 4.04. The minimum Gasteiger partial charge on any atom is -0.490 e. The molecule has 5 heteroatoms. The molecule has 0 aromatic heterocycles. The van der Waals surface area contributed by atoms with Crippen LogP contribution in [0.15, 0.2) is 29.4 Å². The SMILES string of the molecule is CN1CCC(Oc2ccc(/C(N)=N/O)cc2)CC1. The zero-order chi connectivity index (χ0) is 13.0. The van der Waals surface area contributed by atoms with Crippen molar-refractivity contribution in [2.24, 2.45) is 10.9 Å². The van der Waals surface area contributed by atoms with E-state index < -0.39 is 0 Å². The van der Waals surface area contributed by atoms with Crippen LogP contribution in [0.2, 0.25) is 0 Å². The van der Waals surface area contributed by atoms with Gasteiger partial charge in [-0.2, -0.15) is 0 Å². The van der Waals surface area contributed by atoms with Crippen LogP contribution in [0.3, 0.4) is 0 Å². The van der Waals surface area contributed by atoms with Crippen molar-refractivity contribution in [1.82, 2.24) is 4.90 Å². The Morgan fingerprint density at radius 2 is 1.94 bits per heavy atom. The van der Waals surface area contributed by atoms with E-state index in [2.05, 4.69) is 17.1 Å². The molecule has 0 bridgehead atoms. The van der Waals surface area contributed by atoms with Gasteiger partial charge in [0.2, 0.25) is 0 Å². The number of oxime groups is 1. The first-order chi connectivity index (χ1) is 8.69. The zero-order valence-electron chi connectivity index (χ0n) is 10.5. The molecule has 5 nitrogen and oxygen atoms in total. The highest BCUT2D eigenvalue weighted by molar-refractivity contribution is 5.97. The number of likely N-dealkylation sites (tertiary alicyclic amines) is 1. The Morgan fingerprint density at radius 1 is 1.33 bits per heavy atom. The van der Waals surface area contributed by atoms with E-state index in [1.807, 2.05) is 12.1 Å². The first-order valence-corrected chi connectivity index (χ1v) is 6.12. The quantitative estimate of drug-likeness (QED) is 0.366. The third kappa shape index (κ3) is 3.13. The normalized spacial score (nSPS) is 18.8. The number of ether oxygens (including phenoxy) is 1. The highest BCUT2D eigenvalue weighted by Crippen LogP contribution is 2.19. The lowest BCUT2D eigenvalue weighted by Crippen LogP contribution is -2.35. The van der Waals surface area contributed by atoms with Crippen LogP contribution in [0.4, 0.5) is 0 Å². The van der Waals surface area contributed by atoms with Gasteiger partial charge in [-0.1, -0.05) is 5.16 Å². The Hall–Kier alpha value is -1.75. The minimum absolute atomic E-state index is 0.112. The highest BCUT2D eigenvalue weighted by Gasteiger charge is 2.17. The summed E-state index contributed by atoms with van der Waals surface area (Å²) in [5.74, 6) is 0.944. The first kappa shape index (κ1) is 12.7. The topological polar surface area (TPSA) is 71.1 Å². The lowest BCUT2D eigenvalue weighted by atomic mass is 10.1. The molecule has 1 aliphatic rings. The molecule has 1 saturated heterocycles. The largest absolute Gasteiger partial charge is 0.490 e. The molecule has 0 saturated carbocycles. The van der Waals surface area contributed by atoms with Gasteiger partial charge in [-0.3, -0.25) is 0 Å². The van der Waals surface area contributed by atoms with Gasteiger partial charge in [0.05, 0.1) is 0 Å². The van der Waals surface area contributed by atoms with E-state index in [0.717, 1.165) is 31.7 Å². The van der Waals surface area contributed by atoms with Gasteiger partial charge in [-0.05, 0) is 44.2 Å². The van der Waals surface area contributed by atoms with Crippen molar-refractivity contribution in [3.05, 3.63) is 29.8 Å². The fourth-order valence-corrected chi connectivity index (χ4v) is 2.06. The van der Waals surface area contributed by atoms with Crippen molar-refractivity contribution in [1.29, 1.82) is 0 Å². The Morgan fingerprint density at radius 3 is 2.50 bits per heavy atom. The van der Waals surface area contributed by atoms with Crippen LogP contribution in [-0.4, -0.2) is 42.2 Å². The first-order valence-electron chi connectivity index (χ1n) is 6.12. The van der Waals surface area contributed by atoms with Crippen molar-refractivity contribution in [2.45, 2.75) is 18.9 Å². The number of nitrogens with two attached hydrogens (primary N) is 1. The molecule has 0 atom stereocenters. The highest BCUT2D eigenvalue weighted by atomic mass is 16.5. The molecule has 18 heavy (non-hydrogen) atoms. The lowest BCUT2D eigenvalue weighted by molar-refractivity contribution is 0.114. The smallest absolute Gasteiger partial charge is 0.170 e. The van der Waals surface area contributed by atoms with Crippen LogP contribution in [0.5, 0.6) is 5.75 Å². The second-order valence-electron chi connectivity index (χ2n) is 4.63. The summed E-state index contributed by atoms with van der Waals surface area (Å²) in [6.07, 6.45) is 2.40. The van der Waals surface area contributed by atoms with Gasteiger partial charge in [0.1, 0.15) is 11.9 Å². The van der Waals surface area contributed by atoms with Crippen molar-refractivity contribution in [3.8, 4) is 5.75 Å². The summed E-state index contributed by atoms with van der Waals surface area (Å²) >= 11 is 0. The van der Waals surface area contributed by atoms with E-state index in [0.29, 0.717) is 5.56 Å². The maximum atomic E-state index is 8.57. The van der Waals surface area contributed by atoms with Gasteiger partial charge in [0.15, 0.2) is 5.84 Å². The molecule has 1 aromatic rings. The molecular weight excluding hydrogens is 230 g/mol. The minimum atomic E-state index is 0.112. The van der Waals surface area contributed by atoms with Crippen LogP contribution in [0.25, 0.3) is 0 Å². The van der Waals surface area contributed by atoms with Crippen LogP contribution < -0.4 is 10.5 Å². The molecule has 1 fully saturated rings. The van der Waals surface area contributed by atoms with E-state index >= 15 is 0 Å². The molecule has 0 spiro atoms. The van der Waals surface area contributed by atoms with Crippen molar-refractivity contribution >= 4 is 5.84 Å². The van der Waals surface area contributed by atoms with Crippen LogP contribution >= 0.6 is 0 Å². The predicted molar refractivity (Wildman–Crippen MR) is 70.1 cm³/mol. The van der Waals surface area contributed by atoms with E-state index in [1.54, 1.807) is 12.1 Å². The number of amidine groups is 1. The predicted octanol–water partition coefficient (Wildman–Crippen LogP) is 1.25. The number of rotatable bonds is 3. The third-order valence-electron chi connectivity index (χ3n) is 3.23. The van der Waals surface area contributed by atoms with E-state index in [-0.39, 0.29) is 11.9 Å². The average Bonchev–Trinajstić information content (AvgIpc) is 2.41. The molecule has 1 aromatic carbocycles. The summed E-state index contributed by atoms with van der Waals surface area (Å²) in [7, 11) is 2.13. The fraction of sp³-hybridized carbons (Fsp3) is 0.462. The van der Waals surface area contributed by atoms with E-state index in [9.17, 15) is 0 Å². The van der Waals surface area contributed by atoms with Gasteiger partial charge in [-0.15, -0.1) is 0 Å². The third-order valence-corrected chi connectivity index (χ3v) is 3.23. The summed E-state index contributed by atoms with van der Waals surface area (Å²) in [5.41, 5.74) is 6.19. The lowest BCUT2D eigenvalue weighted by Gasteiger charge is -2.29. The maximum absolute atomic E-state index is 8.57. The Bertz CT molecular complexity index is 409. The number of nitrogens with zero attached hydrogens (tertiary/aromatic N) is 2. The number of benzene rings is 1. The van der Waals surface area contributed by atoms with Gasteiger partial charge < -0.3 is 20.6 Å². The average molecular weight is 249 g/mol. The van der Waals surface area contributed by atoms with Crippen molar-refractivity contribution < 1.29 is 9.94 Å². The number of hydrogen-bond acceptors (Lipinski definition) is 4. The molecule has 0 unspecified atom stereocenters. The van der Waals surface area contributed by atoms with Crippen molar-refractivity contribution in [3.63, 3.8) is 0 Å². The molecular formula is C13H19N3O2. The van der Waals surface area contributed by atoms with E-state index in [4.69, 9.17) is 15.7 Å². The number of piperidine rings is 1. The molecule has 0 radical (unpaired) electrons. The van der Waals surface area contributed by atoms with E-state index in [1.165, 1.54) is 0 Å². The molecule has 98 valence electrons. The molecule has 1 aliphatic heterocycles. The fourth-order valence-electron chi connectivity index (χ4n) is 2.06. The van der Waals surface area contributed by atoms with Gasteiger partial charge in [0.25, 0.3) is 0 Å². The molecule has 1 heterocycles. The second kappa shape index (κ2) is 5.73. The summed E-state index contributed by atoms with van der Waals surface area (Å²) in [5, 5.41) is 11.5. The molecule has 2 rings (SSSR count). The Labute approximate surface area is 107 Å². The summed E-state index contributed by atoms with van der Waals surface area (Å²) in [4.78, 5) is 2.31. The summed E-state index contributed by atoms with van der Waals surface area (Å²) in [6.45, 7) is 2.15. The molecule has 3 N–H and O–H groups in total. The molecule has 0 amide bonds. The molecule has 0 aliphatic carbocycles. The van der Waals surface area contributed by atoms with Gasteiger partial charge in [-0.25, -0.2) is 0 Å². The van der Waals surface area contributed by atoms with Gasteiger partial charge in [0, 0.05) is 18.7 Å². The zero-order valence-corrected chi connectivity index (χ0v) is 10.5. The summed E-state index contributed by atoms with van der Waals surface area (Å²) in [6, 6.07) is 7.29. The Balaban J connectivity index is 1.94. The van der Waals surface area contributed by atoms with Crippen LogP contribution in [0, 0.1) is 0 Å². The van der Waals surface area contributed by atoms with Crippen LogP contribution in [0.1, 0.15) is 18.4 Å².